The average molecular weight is 262 g/mol. The third-order valence-corrected chi connectivity index (χ3v) is 2.87. The Hall–Kier alpha value is -0.450. The summed E-state index contributed by atoms with van der Waals surface area (Å²) in [6, 6.07) is 3.39. The Bertz CT molecular complexity index is 330. The summed E-state index contributed by atoms with van der Waals surface area (Å²) in [6.45, 7) is 2.09. The summed E-state index contributed by atoms with van der Waals surface area (Å²) in [5.74, 6) is -0.308. The van der Waals surface area contributed by atoms with Crippen molar-refractivity contribution in [1.82, 2.24) is 5.32 Å². The zero-order chi connectivity index (χ0) is 10.7. The molecule has 0 aromatic heterocycles. The monoisotopic (exact) mass is 261 g/mol. The molecule has 4 heteroatoms. The van der Waals surface area contributed by atoms with Crippen LogP contribution < -0.4 is 5.32 Å². The summed E-state index contributed by atoms with van der Waals surface area (Å²) >= 11 is 3.14. The summed E-state index contributed by atoms with van der Waals surface area (Å²) in [4.78, 5) is 0. The van der Waals surface area contributed by atoms with E-state index in [1.165, 1.54) is 0 Å². The van der Waals surface area contributed by atoms with Gasteiger partial charge in [-0.15, -0.1) is 0 Å². The fourth-order valence-electron chi connectivity index (χ4n) is 1.22. The van der Waals surface area contributed by atoms with Gasteiger partial charge in [0.2, 0.25) is 0 Å². The number of aryl methyl sites for hydroxylation is 1. The highest BCUT2D eigenvalue weighted by molar-refractivity contribution is 9.10. The first-order chi connectivity index (χ1) is 6.57. The highest BCUT2D eigenvalue weighted by atomic mass is 79.9. The van der Waals surface area contributed by atoms with E-state index >= 15 is 0 Å². The lowest BCUT2D eigenvalue weighted by molar-refractivity contribution is 0.176. The van der Waals surface area contributed by atoms with Gasteiger partial charge in [-0.2, -0.15) is 0 Å². The SMILES string of the molecule is CNCC(O)c1ccc(C)c(F)c1Br. The van der Waals surface area contributed by atoms with Crippen LogP contribution in [0, 0.1) is 12.7 Å². The van der Waals surface area contributed by atoms with Gasteiger partial charge >= 0.3 is 0 Å². The molecule has 1 aromatic rings. The zero-order valence-electron chi connectivity index (χ0n) is 8.14. The van der Waals surface area contributed by atoms with E-state index in [1.54, 1.807) is 26.1 Å². The van der Waals surface area contributed by atoms with Crippen molar-refractivity contribution in [3.8, 4) is 0 Å². The second-order valence-electron chi connectivity index (χ2n) is 3.17. The Morgan fingerprint density at radius 3 is 2.79 bits per heavy atom. The van der Waals surface area contributed by atoms with E-state index in [9.17, 15) is 9.50 Å². The van der Waals surface area contributed by atoms with Crippen molar-refractivity contribution in [3.63, 3.8) is 0 Å². The summed E-state index contributed by atoms with van der Waals surface area (Å²) < 4.78 is 13.8. The largest absolute Gasteiger partial charge is 0.387 e. The van der Waals surface area contributed by atoms with Crippen molar-refractivity contribution in [1.29, 1.82) is 0 Å². The molecule has 78 valence electrons. The molecule has 1 rings (SSSR count). The zero-order valence-corrected chi connectivity index (χ0v) is 9.73. The van der Waals surface area contributed by atoms with Gasteiger partial charge in [-0.25, -0.2) is 4.39 Å². The highest BCUT2D eigenvalue weighted by Crippen LogP contribution is 2.27. The van der Waals surface area contributed by atoms with Crippen LogP contribution in [0.4, 0.5) is 4.39 Å². The number of rotatable bonds is 3. The molecule has 0 bridgehead atoms. The van der Waals surface area contributed by atoms with Crippen LogP contribution in [0.5, 0.6) is 0 Å². The molecule has 0 aliphatic rings. The van der Waals surface area contributed by atoms with Crippen LogP contribution >= 0.6 is 15.9 Å². The average Bonchev–Trinajstić information content (AvgIpc) is 2.15. The number of aliphatic hydroxyl groups is 1. The topological polar surface area (TPSA) is 32.3 Å². The van der Waals surface area contributed by atoms with Gasteiger partial charge in [0.15, 0.2) is 0 Å². The van der Waals surface area contributed by atoms with Crippen molar-refractivity contribution in [2.45, 2.75) is 13.0 Å². The predicted octanol–water partition coefficient (Wildman–Crippen LogP) is 2.15. The number of aliphatic hydroxyl groups excluding tert-OH is 1. The fraction of sp³-hybridized carbons (Fsp3) is 0.400. The molecule has 1 unspecified atom stereocenters. The van der Waals surface area contributed by atoms with Crippen molar-refractivity contribution in [2.24, 2.45) is 0 Å². The fourth-order valence-corrected chi connectivity index (χ4v) is 1.93. The van der Waals surface area contributed by atoms with E-state index in [1.807, 2.05) is 0 Å². The molecule has 0 aliphatic carbocycles. The Labute approximate surface area is 91.3 Å². The Morgan fingerprint density at radius 1 is 1.57 bits per heavy atom. The molecule has 0 aliphatic heterocycles. The first-order valence-corrected chi connectivity index (χ1v) is 5.14. The van der Waals surface area contributed by atoms with Crippen LogP contribution in [0.2, 0.25) is 0 Å². The molecular weight excluding hydrogens is 249 g/mol. The molecule has 0 heterocycles. The first-order valence-electron chi connectivity index (χ1n) is 4.35. The van der Waals surface area contributed by atoms with Crippen LogP contribution in [-0.4, -0.2) is 18.7 Å². The van der Waals surface area contributed by atoms with Gasteiger partial charge in [-0.1, -0.05) is 12.1 Å². The molecule has 0 fully saturated rings. The molecule has 0 saturated carbocycles. The molecule has 0 amide bonds. The number of hydrogen-bond acceptors (Lipinski definition) is 2. The van der Waals surface area contributed by atoms with E-state index < -0.39 is 6.10 Å². The third kappa shape index (κ3) is 2.32. The van der Waals surface area contributed by atoms with Crippen molar-refractivity contribution >= 4 is 15.9 Å². The standard InChI is InChI=1S/C10H13BrFNO/c1-6-3-4-7(8(14)5-13-2)9(11)10(6)12/h3-4,8,13-14H,5H2,1-2H3. The van der Waals surface area contributed by atoms with Gasteiger partial charge in [0.05, 0.1) is 10.6 Å². The van der Waals surface area contributed by atoms with E-state index in [0.29, 0.717) is 22.1 Å². The van der Waals surface area contributed by atoms with Gasteiger partial charge in [-0.3, -0.25) is 0 Å². The minimum absolute atomic E-state index is 0.308. The molecule has 1 atom stereocenters. The van der Waals surface area contributed by atoms with Gasteiger partial charge in [0.25, 0.3) is 0 Å². The summed E-state index contributed by atoms with van der Waals surface area (Å²) in [5.41, 5.74) is 1.14. The Morgan fingerprint density at radius 2 is 2.21 bits per heavy atom. The number of benzene rings is 1. The number of likely N-dealkylation sites (N-methyl/N-ethyl adjacent to an activating group) is 1. The summed E-state index contributed by atoms with van der Waals surface area (Å²) in [7, 11) is 1.74. The van der Waals surface area contributed by atoms with E-state index in [-0.39, 0.29) is 5.82 Å². The molecule has 0 radical (unpaired) electrons. The molecule has 2 nitrogen and oxygen atoms in total. The van der Waals surface area contributed by atoms with Crippen molar-refractivity contribution < 1.29 is 9.50 Å². The van der Waals surface area contributed by atoms with E-state index in [4.69, 9.17) is 0 Å². The quantitative estimate of drug-likeness (QED) is 0.874. The highest BCUT2D eigenvalue weighted by Gasteiger charge is 2.14. The van der Waals surface area contributed by atoms with Crippen LogP contribution in [-0.2, 0) is 0 Å². The van der Waals surface area contributed by atoms with Crippen LogP contribution in [0.25, 0.3) is 0 Å². The lowest BCUT2D eigenvalue weighted by Gasteiger charge is -2.13. The van der Waals surface area contributed by atoms with Gasteiger partial charge < -0.3 is 10.4 Å². The molecule has 2 N–H and O–H groups in total. The van der Waals surface area contributed by atoms with Crippen molar-refractivity contribution in [3.05, 3.63) is 33.5 Å². The third-order valence-electron chi connectivity index (χ3n) is 2.06. The number of halogens is 2. The predicted molar refractivity (Wildman–Crippen MR) is 57.7 cm³/mol. The van der Waals surface area contributed by atoms with Gasteiger partial charge in [0.1, 0.15) is 5.82 Å². The van der Waals surface area contributed by atoms with Crippen molar-refractivity contribution in [2.75, 3.05) is 13.6 Å². The smallest absolute Gasteiger partial charge is 0.140 e. The second kappa shape index (κ2) is 4.87. The lowest BCUT2D eigenvalue weighted by Crippen LogP contribution is -2.17. The normalized spacial score (nSPS) is 12.9. The minimum Gasteiger partial charge on any atom is -0.387 e. The van der Waals surface area contributed by atoms with Crippen LogP contribution in [0.15, 0.2) is 16.6 Å². The van der Waals surface area contributed by atoms with E-state index in [0.717, 1.165) is 0 Å². The van der Waals surface area contributed by atoms with Crippen LogP contribution in [0.1, 0.15) is 17.2 Å². The molecule has 14 heavy (non-hydrogen) atoms. The Kier molecular flexibility index (Phi) is 4.04. The number of hydrogen-bond donors (Lipinski definition) is 2. The second-order valence-corrected chi connectivity index (χ2v) is 3.97. The molecule has 0 saturated heterocycles. The number of nitrogens with one attached hydrogen (secondary N) is 1. The van der Waals surface area contributed by atoms with E-state index in [2.05, 4.69) is 21.2 Å². The summed E-state index contributed by atoms with van der Waals surface area (Å²) in [6.07, 6.45) is -0.690. The Balaban J connectivity index is 3.04. The maximum atomic E-state index is 13.4. The molecule has 0 spiro atoms. The first kappa shape index (κ1) is 11.6. The molecular formula is C10H13BrFNO. The maximum absolute atomic E-state index is 13.4. The lowest BCUT2D eigenvalue weighted by atomic mass is 10.1. The minimum atomic E-state index is -0.690. The van der Waals surface area contributed by atoms with Gasteiger partial charge in [-0.05, 0) is 41.0 Å². The van der Waals surface area contributed by atoms with Crippen LogP contribution in [0.3, 0.4) is 0 Å². The maximum Gasteiger partial charge on any atom is 0.140 e. The molecule has 1 aromatic carbocycles. The summed E-state index contributed by atoms with van der Waals surface area (Å²) in [5, 5.41) is 12.5. The van der Waals surface area contributed by atoms with Gasteiger partial charge in [0, 0.05) is 6.54 Å².